The molecule has 0 aliphatic heterocycles. The van der Waals surface area contributed by atoms with Gasteiger partial charge in [0.1, 0.15) is 0 Å². The fraction of sp³-hybridized carbons (Fsp3) is 1.00. The Hall–Kier alpha value is 0.140. The monoisotopic (exact) mass is 498 g/mol. The highest BCUT2D eigenvalue weighted by atomic mass is 32.3. The van der Waals surface area contributed by atoms with Crippen molar-refractivity contribution in [2.75, 3.05) is 24.7 Å². The van der Waals surface area contributed by atoms with E-state index in [4.69, 9.17) is 4.55 Å². The summed E-state index contributed by atoms with van der Waals surface area (Å²) in [5.41, 5.74) is 0. The van der Waals surface area contributed by atoms with E-state index in [1.807, 2.05) is 11.8 Å². The number of aliphatic hydroxyl groups excluding tert-OH is 2. The van der Waals surface area contributed by atoms with Crippen LogP contribution in [0.4, 0.5) is 0 Å². The van der Waals surface area contributed by atoms with Gasteiger partial charge >= 0.3 is 10.4 Å². The number of hydrogen-bond donors (Lipinski definition) is 3. The lowest BCUT2D eigenvalue weighted by atomic mass is 9.93. The van der Waals surface area contributed by atoms with E-state index in [1.165, 1.54) is 77.0 Å². The zero-order chi connectivity index (χ0) is 23.9. The van der Waals surface area contributed by atoms with Gasteiger partial charge in [-0.05, 0) is 49.5 Å². The summed E-state index contributed by atoms with van der Waals surface area (Å²) in [6.45, 7) is 2.32. The van der Waals surface area contributed by atoms with Crippen molar-refractivity contribution in [3.05, 3.63) is 0 Å². The lowest BCUT2D eigenvalue weighted by molar-refractivity contribution is 0.134. The van der Waals surface area contributed by atoms with E-state index in [0.717, 1.165) is 30.8 Å². The average molecular weight is 499 g/mol. The SMILES string of the molecule is CCCCCCCCCCCCC[C@@H](CCCO)CCSCCC(O)CCOS(=O)(=O)O. The maximum Gasteiger partial charge on any atom is 0.397 e. The number of hydrogen-bond acceptors (Lipinski definition) is 6. The second kappa shape index (κ2) is 22.9. The van der Waals surface area contributed by atoms with Crippen LogP contribution in [0.1, 0.15) is 116 Å². The molecule has 0 aromatic heterocycles. The van der Waals surface area contributed by atoms with Crippen molar-refractivity contribution in [2.45, 2.75) is 122 Å². The second-order valence-corrected chi connectivity index (χ2v) is 11.3. The molecule has 0 amide bonds. The van der Waals surface area contributed by atoms with E-state index < -0.39 is 16.5 Å². The van der Waals surface area contributed by atoms with Crippen LogP contribution in [0.15, 0.2) is 0 Å². The minimum Gasteiger partial charge on any atom is -0.396 e. The van der Waals surface area contributed by atoms with Gasteiger partial charge in [0.15, 0.2) is 0 Å². The highest BCUT2D eigenvalue weighted by Gasteiger charge is 2.11. The predicted molar refractivity (Wildman–Crippen MR) is 136 cm³/mol. The Labute approximate surface area is 202 Å². The molecule has 0 aromatic rings. The van der Waals surface area contributed by atoms with Gasteiger partial charge in [0.05, 0.1) is 12.7 Å². The molecule has 0 rings (SSSR count). The summed E-state index contributed by atoms with van der Waals surface area (Å²) in [5, 5.41) is 19.0. The molecule has 2 atom stereocenters. The van der Waals surface area contributed by atoms with Gasteiger partial charge in [0, 0.05) is 6.61 Å². The van der Waals surface area contributed by atoms with E-state index in [0.29, 0.717) is 12.3 Å². The van der Waals surface area contributed by atoms with Gasteiger partial charge in [-0.2, -0.15) is 20.2 Å². The van der Waals surface area contributed by atoms with E-state index in [1.54, 1.807) is 0 Å². The smallest absolute Gasteiger partial charge is 0.396 e. The molecule has 0 aliphatic rings. The highest BCUT2D eigenvalue weighted by Crippen LogP contribution is 2.23. The van der Waals surface area contributed by atoms with Crippen LogP contribution in [-0.2, 0) is 14.6 Å². The fourth-order valence-electron chi connectivity index (χ4n) is 3.92. The van der Waals surface area contributed by atoms with Gasteiger partial charge in [0.25, 0.3) is 0 Å². The normalized spacial score (nSPS) is 14.0. The maximum absolute atomic E-state index is 10.5. The summed E-state index contributed by atoms with van der Waals surface area (Å²) in [7, 11) is -4.42. The molecule has 8 heteroatoms. The molecule has 1 unspecified atom stereocenters. The van der Waals surface area contributed by atoms with Crippen LogP contribution in [0.5, 0.6) is 0 Å². The van der Waals surface area contributed by atoms with Crippen molar-refractivity contribution in [1.82, 2.24) is 0 Å². The predicted octanol–water partition coefficient (Wildman–Crippen LogP) is 6.16. The first-order valence-electron chi connectivity index (χ1n) is 12.9. The Bertz CT molecular complexity index is 487. The average Bonchev–Trinajstić information content (AvgIpc) is 2.74. The molecule has 0 aliphatic carbocycles. The molecule has 3 N–H and O–H groups in total. The third-order valence-electron chi connectivity index (χ3n) is 5.94. The zero-order valence-corrected chi connectivity index (χ0v) is 22.0. The van der Waals surface area contributed by atoms with Crippen LogP contribution >= 0.6 is 11.8 Å². The molecule has 0 saturated carbocycles. The summed E-state index contributed by atoms with van der Waals surface area (Å²) in [4.78, 5) is 0. The van der Waals surface area contributed by atoms with E-state index in [2.05, 4.69) is 11.1 Å². The summed E-state index contributed by atoms with van der Waals surface area (Å²) < 4.78 is 33.7. The van der Waals surface area contributed by atoms with Gasteiger partial charge in [-0.15, -0.1) is 0 Å². The molecule has 0 bridgehead atoms. The molecule has 0 saturated heterocycles. The summed E-state index contributed by atoms with van der Waals surface area (Å²) >= 11 is 1.81. The number of aliphatic hydroxyl groups is 2. The van der Waals surface area contributed by atoms with Gasteiger partial charge in [-0.1, -0.05) is 84.0 Å². The molecule has 0 heterocycles. The van der Waals surface area contributed by atoms with Crippen molar-refractivity contribution < 1.29 is 27.4 Å². The van der Waals surface area contributed by atoms with Gasteiger partial charge < -0.3 is 10.2 Å². The highest BCUT2D eigenvalue weighted by molar-refractivity contribution is 7.99. The van der Waals surface area contributed by atoms with E-state index in [-0.39, 0.29) is 19.6 Å². The van der Waals surface area contributed by atoms with Crippen molar-refractivity contribution in [3.8, 4) is 0 Å². The van der Waals surface area contributed by atoms with Crippen molar-refractivity contribution in [3.63, 3.8) is 0 Å². The Balaban J connectivity index is 3.70. The number of thioether (sulfide) groups is 1. The summed E-state index contributed by atoms with van der Waals surface area (Å²) in [6, 6.07) is 0. The molecule has 6 nitrogen and oxygen atoms in total. The fourth-order valence-corrected chi connectivity index (χ4v) is 5.37. The van der Waals surface area contributed by atoms with E-state index >= 15 is 0 Å². The first-order chi connectivity index (χ1) is 15.4. The van der Waals surface area contributed by atoms with Gasteiger partial charge in [-0.3, -0.25) is 4.55 Å². The Morgan fingerprint density at radius 1 is 0.750 bits per heavy atom. The summed E-state index contributed by atoms with van der Waals surface area (Å²) in [6.07, 6.45) is 19.5. The maximum atomic E-state index is 10.5. The lowest BCUT2D eigenvalue weighted by Crippen LogP contribution is -2.14. The molecule has 194 valence electrons. The standard InChI is InChI=1S/C24H50O6S2/c1-2-3-4-5-6-7-8-9-10-11-12-14-23(15-13-19-25)17-21-31-22-18-24(26)16-20-30-32(27,28)29/h23-26H,2-22H2,1H3,(H,27,28,29)/t23-,24?/m0/s1. The largest absolute Gasteiger partial charge is 0.397 e. The Morgan fingerprint density at radius 3 is 1.84 bits per heavy atom. The quantitative estimate of drug-likeness (QED) is 0.102. The Morgan fingerprint density at radius 2 is 1.28 bits per heavy atom. The third kappa shape index (κ3) is 24.8. The van der Waals surface area contributed by atoms with Crippen LogP contribution in [0.2, 0.25) is 0 Å². The van der Waals surface area contributed by atoms with Crippen LogP contribution in [-0.4, -0.2) is 54.0 Å². The molecule has 0 aromatic carbocycles. The molecule has 0 radical (unpaired) electrons. The van der Waals surface area contributed by atoms with E-state index in [9.17, 15) is 18.6 Å². The van der Waals surface area contributed by atoms with Crippen molar-refractivity contribution >= 4 is 22.2 Å². The van der Waals surface area contributed by atoms with Crippen LogP contribution in [0, 0.1) is 5.92 Å². The first kappa shape index (κ1) is 32.1. The second-order valence-electron chi connectivity index (χ2n) is 8.94. The minimum absolute atomic E-state index is 0.193. The van der Waals surface area contributed by atoms with Crippen molar-refractivity contribution in [1.29, 1.82) is 0 Å². The minimum atomic E-state index is -4.42. The lowest BCUT2D eigenvalue weighted by Gasteiger charge is -2.16. The number of unbranched alkanes of at least 4 members (excludes halogenated alkanes) is 10. The molecular weight excluding hydrogens is 448 g/mol. The van der Waals surface area contributed by atoms with Crippen LogP contribution in [0.3, 0.4) is 0 Å². The molecular formula is C24H50O6S2. The first-order valence-corrected chi connectivity index (χ1v) is 15.4. The molecule has 32 heavy (non-hydrogen) atoms. The van der Waals surface area contributed by atoms with Crippen LogP contribution < -0.4 is 0 Å². The van der Waals surface area contributed by atoms with Crippen molar-refractivity contribution in [2.24, 2.45) is 5.92 Å². The third-order valence-corrected chi connectivity index (χ3v) is 7.45. The zero-order valence-electron chi connectivity index (χ0n) is 20.4. The van der Waals surface area contributed by atoms with Gasteiger partial charge in [-0.25, -0.2) is 4.18 Å². The van der Waals surface area contributed by atoms with Crippen LogP contribution in [0.25, 0.3) is 0 Å². The van der Waals surface area contributed by atoms with Gasteiger partial charge in [0.2, 0.25) is 0 Å². The topological polar surface area (TPSA) is 104 Å². The molecule has 0 spiro atoms. The molecule has 0 fully saturated rings. The number of rotatable bonds is 25. The Kier molecular flexibility index (Phi) is 23.0. The summed E-state index contributed by atoms with van der Waals surface area (Å²) in [5.74, 6) is 2.53.